The fourth-order valence-electron chi connectivity index (χ4n) is 6.74. The second kappa shape index (κ2) is 48.7. The topological polar surface area (TPSA) is 108 Å². The third-order valence-corrected chi connectivity index (χ3v) is 11.8. The van der Waals surface area contributed by atoms with E-state index in [-0.39, 0.29) is 32.0 Å². The van der Waals surface area contributed by atoms with Gasteiger partial charge in [0, 0.05) is 12.8 Å². The Hall–Kier alpha value is -3.33. The van der Waals surface area contributed by atoms with Crippen LogP contribution in [0.4, 0.5) is 0 Å². The molecular weight excluding hydrogens is 870 g/mol. The molecule has 10 heteroatoms. The van der Waals surface area contributed by atoms with Crippen LogP contribution in [-0.2, 0) is 32.7 Å². The van der Waals surface area contributed by atoms with E-state index in [4.69, 9.17) is 18.5 Å². The van der Waals surface area contributed by atoms with Crippen molar-refractivity contribution >= 4 is 19.8 Å². The van der Waals surface area contributed by atoms with Gasteiger partial charge in [-0.2, -0.15) is 0 Å². The Bertz CT molecular complexity index is 1520. The summed E-state index contributed by atoms with van der Waals surface area (Å²) < 4.78 is 34.5. The maximum Gasteiger partial charge on any atom is 0.472 e. The molecule has 0 aliphatic carbocycles. The number of ether oxygens (including phenoxy) is 2. The number of carbonyl (C=O) groups is 2. The zero-order valence-corrected chi connectivity index (χ0v) is 44.7. The lowest BCUT2D eigenvalue weighted by atomic mass is 10.1. The summed E-state index contributed by atoms with van der Waals surface area (Å²) in [6, 6.07) is 0. The minimum Gasteiger partial charge on any atom is -0.462 e. The molecule has 0 aromatic carbocycles. The van der Waals surface area contributed by atoms with Gasteiger partial charge in [-0.05, 0) is 96.3 Å². The average Bonchev–Trinajstić information content (AvgIpc) is 3.30. The van der Waals surface area contributed by atoms with E-state index in [9.17, 15) is 19.0 Å². The van der Waals surface area contributed by atoms with E-state index in [0.29, 0.717) is 17.4 Å². The molecule has 0 aromatic rings. The summed E-state index contributed by atoms with van der Waals surface area (Å²) in [6.07, 6.45) is 67.1. The van der Waals surface area contributed by atoms with Gasteiger partial charge in [-0.25, -0.2) is 4.57 Å². The Balaban J connectivity index is 4.30. The first-order valence-corrected chi connectivity index (χ1v) is 28.1. The molecule has 0 aromatic heterocycles. The van der Waals surface area contributed by atoms with Crippen LogP contribution in [0.3, 0.4) is 0 Å². The molecule has 0 fully saturated rings. The monoisotopic (exact) mass is 969 g/mol. The highest BCUT2D eigenvalue weighted by Gasteiger charge is 2.27. The molecule has 0 aliphatic heterocycles. The van der Waals surface area contributed by atoms with E-state index in [1.54, 1.807) is 0 Å². The van der Waals surface area contributed by atoms with Gasteiger partial charge < -0.3 is 18.9 Å². The van der Waals surface area contributed by atoms with E-state index in [1.165, 1.54) is 44.9 Å². The second-order valence-electron chi connectivity index (χ2n) is 18.5. The van der Waals surface area contributed by atoms with Crippen LogP contribution in [0.15, 0.2) is 109 Å². The van der Waals surface area contributed by atoms with Gasteiger partial charge in [0.2, 0.25) is 0 Å². The lowest BCUT2D eigenvalue weighted by molar-refractivity contribution is -0.870. The van der Waals surface area contributed by atoms with E-state index in [1.807, 2.05) is 21.1 Å². The zero-order chi connectivity index (χ0) is 49.9. The van der Waals surface area contributed by atoms with Crippen molar-refractivity contribution in [3.05, 3.63) is 109 Å². The van der Waals surface area contributed by atoms with Crippen LogP contribution in [0.2, 0.25) is 0 Å². The Kier molecular flexibility index (Phi) is 46.3. The molecule has 0 radical (unpaired) electrons. The average molecular weight is 969 g/mol. The number of phosphoric ester groups is 1. The van der Waals surface area contributed by atoms with E-state index in [0.717, 1.165) is 116 Å². The van der Waals surface area contributed by atoms with E-state index >= 15 is 0 Å². The first-order chi connectivity index (χ1) is 33.0. The first-order valence-electron chi connectivity index (χ1n) is 26.6. The van der Waals surface area contributed by atoms with Crippen molar-refractivity contribution in [3.8, 4) is 0 Å². The van der Waals surface area contributed by atoms with Gasteiger partial charge in [0.15, 0.2) is 6.10 Å². The van der Waals surface area contributed by atoms with Gasteiger partial charge in [-0.1, -0.05) is 194 Å². The lowest BCUT2D eigenvalue weighted by Crippen LogP contribution is -2.37. The summed E-state index contributed by atoms with van der Waals surface area (Å²) in [4.78, 5) is 35.6. The Morgan fingerprint density at radius 1 is 0.456 bits per heavy atom. The highest BCUT2D eigenvalue weighted by molar-refractivity contribution is 7.47. The molecule has 9 nitrogen and oxygen atoms in total. The number of likely N-dealkylation sites (N-methyl/N-ethyl adjacent to an activating group) is 1. The third-order valence-electron chi connectivity index (χ3n) is 10.8. The summed E-state index contributed by atoms with van der Waals surface area (Å²) >= 11 is 0. The summed E-state index contributed by atoms with van der Waals surface area (Å²) in [7, 11) is 1.45. The van der Waals surface area contributed by atoms with Crippen LogP contribution in [0.1, 0.15) is 194 Å². The van der Waals surface area contributed by atoms with Gasteiger partial charge in [-0.3, -0.25) is 18.6 Å². The van der Waals surface area contributed by atoms with Gasteiger partial charge in [0.25, 0.3) is 0 Å². The summed E-state index contributed by atoms with van der Waals surface area (Å²) in [5.41, 5.74) is 0. The molecular formula is C58H99NO8P+. The minimum atomic E-state index is -4.40. The van der Waals surface area contributed by atoms with E-state index in [2.05, 4.69) is 123 Å². The van der Waals surface area contributed by atoms with Gasteiger partial charge in [0.05, 0.1) is 27.7 Å². The molecule has 2 atom stereocenters. The van der Waals surface area contributed by atoms with Crippen LogP contribution >= 0.6 is 7.82 Å². The number of quaternary nitrogens is 1. The van der Waals surface area contributed by atoms with Crippen molar-refractivity contribution in [1.82, 2.24) is 0 Å². The Morgan fingerprint density at radius 3 is 1.18 bits per heavy atom. The molecule has 0 saturated heterocycles. The molecule has 0 heterocycles. The number of unbranched alkanes of at least 4 members (excludes halogenated alkanes) is 15. The van der Waals surface area contributed by atoms with Crippen LogP contribution in [0.5, 0.6) is 0 Å². The van der Waals surface area contributed by atoms with Crippen molar-refractivity contribution in [2.45, 2.75) is 200 Å². The molecule has 1 N–H and O–H groups in total. The highest BCUT2D eigenvalue weighted by atomic mass is 31.2. The molecule has 0 aliphatic rings. The fraction of sp³-hybridized carbons (Fsp3) is 0.655. The number of hydrogen-bond donors (Lipinski definition) is 1. The number of allylic oxidation sites excluding steroid dienone is 18. The normalized spacial score (nSPS) is 14.3. The van der Waals surface area contributed by atoms with Crippen molar-refractivity contribution in [2.24, 2.45) is 0 Å². The minimum absolute atomic E-state index is 0.0215. The predicted molar refractivity (Wildman–Crippen MR) is 288 cm³/mol. The summed E-state index contributed by atoms with van der Waals surface area (Å²) in [5, 5.41) is 0. The highest BCUT2D eigenvalue weighted by Crippen LogP contribution is 2.43. The molecule has 0 bridgehead atoms. The maximum absolute atomic E-state index is 12.8. The van der Waals surface area contributed by atoms with Gasteiger partial charge in [0.1, 0.15) is 19.8 Å². The number of hydrogen-bond acceptors (Lipinski definition) is 7. The molecule has 68 heavy (non-hydrogen) atoms. The van der Waals surface area contributed by atoms with Crippen molar-refractivity contribution < 1.29 is 42.1 Å². The number of carbonyl (C=O) groups excluding carboxylic acids is 2. The van der Waals surface area contributed by atoms with Crippen molar-refractivity contribution in [2.75, 3.05) is 47.5 Å². The molecule has 2 unspecified atom stereocenters. The molecule has 388 valence electrons. The fourth-order valence-corrected chi connectivity index (χ4v) is 7.48. The number of nitrogens with zero attached hydrogens (tertiary/aromatic N) is 1. The molecule has 0 spiro atoms. The third kappa shape index (κ3) is 52.0. The van der Waals surface area contributed by atoms with Crippen LogP contribution in [-0.4, -0.2) is 74.9 Å². The summed E-state index contributed by atoms with van der Waals surface area (Å²) in [6.45, 7) is 4.17. The first kappa shape index (κ1) is 64.7. The van der Waals surface area contributed by atoms with Crippen LogP contribution < -0.4 is 0 Å². The number of phosphoric acid groups is 1. The second-order valence-corrected chi connectivity index (χ2v) is 19.9. The van der Waals surface area contributed by atoms with Crippen LogP contribution in [0.25, 0.3) is 0 Å². The van der Waals surface area contributed by atoms with Gasteiger partial charge >= 0.3 is 19.8 Å². The zero-order valence-electron chi connectivity index (χ0n) is 43.8. The Morgan fingerprint density at radius 2 is 0.794 bits per heavy atom. The number of esters is 2. The molecule has 0 amide bonds. The summed E-state index contributed by atoms with van der Waals surface area (Å²) in [5.74, 6) is -0.827. The SMILES string of the molecule is CC/C=C\C/C=C\C/C=C\C/C=C\C/C=C\CCCCCCCCCC(=O)OC(COC(=O)CCCCCCCCCC/C=C\C/C=C\C/C=C\C/C=C\CC)COP(=O)(O)OCC[N+](C)(C)C. The van der Waals surface area contributed by atoms with Gasteiger partial charge in [-0.15, -0.1) is 0 Å². The van der Waals surface area contributed by atoms with Crippen LogP contribution in [0, 0.1) is 0 Å². The number of rotatable bonds is 47. The smallest absolute Gasteiger partial charge is 0.462 e. The largest absolute Gasteiger partial charge is 0.472 e. The molecule has 0 rings (SSSR count). The standard InChI is InChI=1S/C58H98NO8P/c1-6-8-10-12-14-16-18-20-22-24-26-28-29-31-33-35-37-39-41-43-45-47-49-51-58(61)67-56(55-66-68(62,63)65-53-52-59(3,4)5)54-64-57(60)50-48-46-44-42-40-38-36-34-32-30-27-25-23-21-19-17-15-13-11-9-7-2/h8-11,14-17,20-23,26-28,30-31,33,56H,6-7,12-13,18-19,24-25,29,32,34-55H2,1-5H3/p+1/b10-8-,11-9-,16-14-,17-15-,22-20-,23-21-,28-26-,30-27-,33-31-. The molecule has 0 saturated carbocycles. The maximum atomic E-state index is 12.8. The van der Waals surface area contributed by atoms with Crippen molar-refractivity contribution in [3.63, 3.8) is 0 Å². The Labute approximate surface area is 416 Å². The lowest BCUT2D eigenvalue weighted by Gasteiger charge is -2.24. The van der Waals surface area contributed by atoms with E-state index < -0.39 is 26.5 Å². The quantitative estimate of drug-likeness (QED) is 0.0211. The predicted octanol–water partition coefficient (Wildman–Crippen LogP) is 16.2. The van der Waals surface area contributed by atoms with Crippen molar-refractivity contribution in [1.29, 1.82) is 0 Å².